The van der Waals surface area contributed by atoms with Crippen LogP contribution in [0.15, 0.2) is 66.7 Å². The summed E-state index contributed by atoms with van der Waals surface area (Å²) in [5.74, 6) is -0.725. The van der Waals surface area contributed by atoms with E-state index in [1.54, 1.807) is 67.8 Å². The largest absolute Gasteiger partial charge is 0.573 e. The minimum Gasteiger partial charge on any atom is -0.479 e. The molecule has 0 fully saturated rings. The molecule has 4 rings (SSSR count). The summed E-state index contributed by atoms with van der Waals surface area (Å²) in [6.45, 7) is 5.70. The number of carbonyl (C=O) groups excluding carboxylic acids is 2. The van der Waals surface area contributed by atoms with Gasteiger partial charge in [-0.3, -0.25) is 4.79 Å². The molecule has 40 heavy (non-hydrogen) atoms. The monoisotopic (exact) mass is 573 g/mol. The fourth-order valence-corrected chi connectivity index (χ4v) is 4.61. The number of ketones is 1. The average Bonchev–Trinajstić information content (AvgIpc) is 3.17. The zero-order chi connectivity index (χ0) is 29.0. The van der Waals surface area contributed by atoms with Crippen molar-refractivity contribution in [1.29, 1.82) is 0 Å². The van der Waals surface area contributed by atoms with Crippen LogP contribution < -0.4 is 9.47 Å². The topological polar surface area (TPSA) is 66.8 Å². The Labute approximate surface area is 234 Å². The summed E-state index contributed by atoms with van der Waals surface area (Å²) in [7, 11) is 0. The van der Waals surface area contributed by atoms with E-state index in [2.05, 4.69) is 4.74 Å². The fourth-order valence-electron chi connectivity index (χ4n) is 4.49. The van der Waals surface area contributed by atoms with E-state index in [0.717, 1.165) is 5.56 Å². The van der Waals surface area contributed by atoms with Crippen LogP contribution in [0, 0.1) is 6.92 Å². The van der Waals surface area contributed by atoms with Gasteiger partial charge in [0.1, 0.15) is 11.5 Å². The van der Waals surface area contributed by atoms with Crippen molar-refractivity contribution >= 4 is 34.3 Å². The van der Waals surface area contributed by atoms with E-state index in [9.17, 15) is 22.8 Å². The third-order valence-corrected chi connectivity index (χ3v) is 6.55. The van der Waals surface area contributed by atoms with Crippen molar-refractivity contribution in [2.45, 2.75) is 46.2 Å². The Morgan fingerprint density at radius 2 is 1.70 bits per heavy atom. The van der Waals surface area contributed by atoms with Gasteiger partial charge in [-0.2, -0.15) is 0 Å². The van der Waals surface area contributed by atoms with E-state index in [-0.39, 0.29) is 18.9 Å². The molecule has 210 valence electrons. The average molecular weight is 574 g/mol. The number of hydrogen-bond acceptors (Lipinski definition) is 5. The number of nitrogens with zero attached hydrogens (tertiary/aromatic N) is 1. The number of alkyl halides is 3. The number of esters is 1. The Balaban J connectivity index is 1.76. The molecule has 0 saturated heterocycles. The van der Waals surface area contributed by atoms with Crippen LogP contribution in [-0.2, 0) is 16.1 Å². The molecule has 1 atom stereocenters. The number of hydrogen-bond donors (Lipinski definition) is 0. The molecule has 4 aromatic rings. The van der Waals surface area contributed by atoms with E-state index in [1.165, 1.54) is 18.2 Å². The van der Waals surface area contributed by atoms with Gasteiger partial charge >= 0.3 is 12.3 Å². The van der Waals surface area contributed by atoms with E-state index in [4.69, 9.17) is 21.1 Å². The highest BCUT2D eigenvalue weighted by Gasteiger charge is 2.32. The maximum Gasteiger partial charge on any atom is 0.573 e. The van der Waals surface area contributed by atoms with Crippen LogP contribution >= 0.6 is 11.6 Å². The number of benzene rings is 3. The molecule has 0 amide bonds. The molecule has 0 aliphatic carbocycles. The predicted octanol–water partition coefficient (Wildman–Crippen LogP) is 7.50. The standard InChI is InChI=1S/C30H27ClF3NO5/c1-4-26(29(37)38-5-2)39-22-8-6-7-19(15-22)17-35-18(3)27(28(36)20-9-11-21(31)12-10-20)24-14-13-23(16-25(24)35)40-30(32,33)34/h6-16,26H,4-5,17H2,1-3H3. The van der Waals surface area contributed by atoms with E-state index in [0.29, 0.717) is 44.9 Å². The van der Waals surface area contributed by atoms with Gasteiger partial charge in [0.25, 0.3) is 0 Å². The summed E-state index contributed by atoms with van der Waals surface area (Å²) in [6, 6.07) is 17.3. The molecule has 1 unspecified atom stereocenters. The highest BCUT2D eigenvalue weighted by atomic mass is 35.5. The van der Waals surface area contributed by atoms with Crippen LogP contribution in [0.4, 0.5) is 13.2 Å². The van der Waals surface area contributed by atoms with Gasteiger partial charge in [0, 0.05) is 34.3 Å². The molecule has 3 aromatic carbocycles. The second-order valence-electron chi connectivity index (χ2n) is 9.02. The lowest BCUT2D eigenvalue weighted by Gasteiger charge is -2.17. The molecule has 6 nitrogen and oxygen atoms in total. The number of aromatic nitrogens is 1. The number of fused-ring (bicyclic) bond motifs is 1. The maximum absolute atomic E-state index is 13.6. The molecule has 1 heterocycles. The van der Waals surface area contributed by atoms with Crippen molar-refractivity contribution in [1.82, 2.24) is 4.57 Å². The predicted molar refractivity (Wildman–Crippen MR) is 145 cm³/mol. The van der Waals surface area contributed by atoms with Crippen LogP contribution in [-0.4, -0.2) is 35.4 Å². The van der Waals surface area contributed by atoms with Crippen molar-refractivity contribution in [3.63, 3.8) is 0 Å². The lowest BCUT2D eigenvalue weighted by Crippen LogP contribution is -2.28. The van der Waals surface area contributed by atoms with Gasteiger partial charge in [0.05, 0.1) is 17.7 Å². The Bertz CT molecular complexity index is 1530. The van der Waals surface area contributed by atoms with E-state index < -0.39 is 24.2 Å². The molecular weight excluding hydrogens is 547 g/mol. The van der Waals surface area contributed by atoms with Gasteiger partial charge in [0.15, 0.2) is 11.9 Å². The summed E-state index contributed by atoms with van der Waals surface area (Å²) >= 11 is 5.98. The Morgan fingerprint density at radius 1 is 0.975 bits per heavy atom. The van der Waals surface area contributed by atoms with E-state index in [1.807, 2.05) is 6.07 Å². The highest BCUT2D eigenvalue weighted by molar-refractivity contribution is 6.30. The Morgan fingerprint density at radius 3 is 2.35 bits per heavy atom. The smallest absolute Gasteiger partial charge is 0.479 e. The summed E-state index contributed by atoms with van der Waals surface area (Å²) in [4.78, 5) is 25.8. The number of halogens is 4. The second kappa shape index (κ2) is 12.0. The van der Waals surface area contributed by atoms with Gasteiger partial charge < -0.3 is 18.8 Å². The normalized spacial score (nSPS) is 12.3. The molecular formula is C30H27ClF3NO5. The van der Waals surface area contributed by atoms with Crippen molar-refractivity contribution in [2.75, 3.05) is 6.61 Å². The molecule has 0 aliphatic rings. The van der Waals surface area contributed by atoms with Crippen molar-refractivity contribution < 1.29 is 37.0 Å². The molecule has 10 heteroatoms. The molecule has 0 radical (unpaired) electrons. The van der Waals surface area contributed by atoms with Gasteiger partial charge in [-0.1, -0.05) is 30.7 Å². The zero-order valence-corrected chi connectivity index (χ0v) is 22.8. The molecule has 0 spiro atoms. The first kappa shape index (κ1) is 29.0. The van der Waals surface area contributed by atoms with Crippen LogP contribution in [0.25, 0.3) is 10.9 Å². The third kappa shape index (κ3) is 6.59. The minimum absolute atomic E-state index is 0.207. The number of rotatable bonds is 10. The summed E-state index contributed by atoms with van der Waals surface area (Å²) in [5, 5.41) is 0.952. The lowest BCUT2D eigenvalue weighted by molar-refractivity contribution is -0.274. The number of ether oxygens (including phenoxy) is 3. The third-order valence-electron chi connectivity index (χ3n) is 6.30. The zero-order valence-electron chi connectivity index (χ0n) is 22.0. The van der Waals surface area contributed by atoms with Crippen LogP contribution in [0.2, 0.25) is 5.02 Å². The first-order valence-electron chi connectivity index (χ1n) is 12.6. The minimum atomic E-state index is -4.87. The second-order valence-corrected chi connectivity index (χ2v) is 9.46. The highest BCUT2D eigenvalue weighted by Crippen LogP contribution is 2.34. The first-order valence-corrected chi connectivity index (χ1v) is 13.0. The quantitative estimate of drug-likeness (QED) is 0.145. The fraction of sp³-hybridized carbons (Fsp3) is 0.267. The molecule has 0 saturated carbocycles. The Kier molecular flexibility index (Phi) is 8.73. The van der Waals surface area contributed by atoms with E-state index >= 15 is 0 Å². The van der Waals surface area contributed by atoms with Gasteiger partial charge in [0.2, 0.25) is 0 Å². The Hall–Kier alpha value is -3.98. The van der Waals surface area contributed by atoms with Gasteiger partial charge in [-0.05, 0) is 74.4 Å². The first-order chi connectivity index (χ1) is 19.0. The number of carbonyl (C=O) groups is 2. The molecule has 0 N–H and O–H groups in total. The van der Waals surface area contributed by atoms with Gasteiger partial charge in [-0.15, -0.1) is 13.2 Å². The van der Waals surface area contributed by atoms with Gasteiger partial charge in [-0.25, -0.2) is 4.79 Å². The summed E-state index contributed by atoms with van der Waals surface area (Å²) in [6.07, 6.45) is -5.25. The SMILES string of the molecule is CCOC(=O)C(CC)Oc1cccc(Cn2c(C)c(C(=O)c3ccc(Cl)cc3)c3ccc(OC(F)(F)F)cc32)c1. The van der Waals surface area contributed by atoms with Crippen molar-refractivity contribution in [3.8, 4) is 11.5 Å². The van der Waals surface area contributed by atoms with Crippen LogP contribution in [0.3, 0.4) is 0 Å². The summed E-state index contributed by atoms with van der Waals surface area (Å²) in [5.41, 5.74) is 2.44. The maximum atomic E-state index is 13.6. The molecule has 1 aromatic heterocycles. The van der Waals surface area contributed by atoms with Crippen LogP contribution in [0.1, 0.15) is 47.4 Å². The van der Waals surface area contributed by atoms with Crippen LogP contribution in [0.5, 0.6) is 11.5 Å². The lowest BCUT2D eigenvalue weighted by atomic mass is 10.0. The summed E-state index contributed by atoms with van der Waals surface area (Å²) < 4.78 is 55.8. The van der Waals surface area contributed by atoms with Crippen molar-refractivity contribution in [3.05, 3.63) is 94.1 Å². The van der Waals surface area contributed by atoms with Crippen molar-refractivity contribution in [2.24, 2.45) is 0 Å². The molecule has 0 aliphatic heterocycles. The molecule has 0 bridgehead atoms.